The second-order valence-corrected chi connectivity index (χ2v) is 8.82. The van der Waals surface area contributed by atoms with Crippen molar-refractivity contribution in [3.05, 3.63) is 47.9 Å². The fourth-order valence-corrected chi connectivity index (χ4v) is 3.84. The number of nitrogens with zero attached hydrogens (tertiary/aromatic N) is 3. The molecule has 2 heterocycles. The van der Waals surface area contributed by atoms with Gasteiger partial charge < -0.3 is 25.0 Å². The normalized spacial score (nSPS) is 18.9. The lowest BCUT2D eigenvalue weighted by Gasteiger charge is -2.37. The van der Waals surface area contributed by atoms with Crippen molar-refractivity contribution in [2.75, 3.05) is 33.3 Å². The molecule has 0 fully saturated rings. The zero-order valence-corrected chi connectivity index (χ0v) is 20.1. The smallest absolute Gasteiger partial charge is 0.317 e. The fraction of sp³-hybridized carbons (Fsp3) is 0.480. The molecule has 0 saturated heterocycles. The van der Waals surface area contributed by atoms with Crippen molar-refractivity contribution in [3.8, 4) is 17.0 Å². The number of aliphatic hydroxyl groups excluding tert-OH is 1. The van der Waals surface area contributed by atoms with E-state index in [2.05, 4.69) is 10.3 Å². The second kappa shape index (κ2) is 11.3. The Hall–Kier alpha value is -3.20. The number of carbonyl (C=O) groups is 2. The van der Waals surface area contributed by atoms with Crippen LogP contribution in [-0.2, 0) is 0 Å². The number of aliphatic hydroxyl groups is 1. The number of amides is 3. The Bertz CT molecular complexity index is 1000. The van der Waals surface area contributed by atoms with Crippen LogP contribution in [0.5, 0.6) is 5.88 Å². The van der Waals surface area contributed by atoms with Gasteiger partial charge in [0.1, 0.15) is 17.5 Å². The summed E-state index contributed by atoms with van der Waals surface area (Å²) in [6, 6.07) is 7.01. The fourth-order valence-electron chi connectivity index (χ4n) is 3.84. The number of aromatic nitrogens is 1. The van der Waals surface area contributed by atoms with E-state index < -0.39 is 12.1 Å². The van der Waals surface area contributed by atoms with E-state index in [4.69, 9.17) is 4.74 Å². The Morgan fingerprint density at radius 1 is 1.35 bits per heavy atom. The number of benzene rings is 1. The first-order valence-electron chi connectivity index (χ1n) is 11.6. The molecule has 2 N–H and O–H groups in total. The number of fused-ring (bicyclic) bond motifs is 1. The predicted octanol–water partition coefficient (Wildman–Crippen LogP) is 3.16. The summed E-state index contributed by atoms with van der Waals surface area (Å²) in [5, 5.41) is 12.6. The number of nitrogens with one attached hydrogen (secondary N) is 1. The van der Waals surface area contributed by atoms with Gasteiger partial charge >= 0.3 is 6.03 Å². The number of halogens is 1. The Kier molecular flexibility index (Phi) is 8.44. The molecule has 8 nitrogen and oxygen atoms in total. The molecule has 3 rings (SSSR count). The highest BCUT2D eigenvalue weighted by Gasteiger charge is 2.34. The van der Waals surface area contributed by atoms with Crippen molar-refractivity contribution in [1.82, 2.24) is 20.1 Å². The highest BCUT2D eigenvalue weighted by molar-refractivity contribution is 5.98. The summed E-state index contributed by atoms with van der Waals surface area (Å²) < 4.78 is 19.6. The minimum absolute atomic E-state index is 0.133. The summed E-state index contributed by atoms with van der Waals surface area (Å²) in [4.78, 5) is 33.5. The van der Waals surface area contributed by atoms with Crippen LogP contribution >= 0.6 is 0 Å². The first-order valence-corrected chi connectivity index (χ1v) is 11.6. The van der Waals surface area contributed by atoms with Gasteiger partial charge in [-0.15, -0.1) is 0 Å². The van der Waals surface area contributed by atoms with E-state index >= 15 is 0 Å². The number of ether oxygens (including phenoxy) is 1. The van der Waals surface area contributed by atoms with E-state index in [1.54, 1.807) is 48.2 Å². The summed E-state index contributed by atoms with van der Waals surface area (Å²) >= 11 is 0. The molecule has 0 aliphatic carbocycles. The highest BCUT2D eigenvalue weighted by Crippen LogP contribution is 2.30. The average molecular weight is 473 g/mol. The molecule has 9 heteroatoms. The molecular formula is C25H33FN4O4. The Morgan fingerprint density at radius 2 is 2.06 bits per heavy atom. The van der Waals surface area contributed by atoms with Crippen LogP contribution in [-0.4, -0.2) is 77.3 Å². The van der Waals surface area contributed by atoms with Gasteiger partial charge in [-0.2, -0.15) is 0 Å². The van der Waals surface area contributed by atoms with E-state index in [1.807, 2.05) is 13.8 Å². The quantitative estimate of drug-likeness (QED) is 0.646. The Morgan fingerprint density at radius 3 is 2.71 bits per heavy atom. The number of likely N-dealkylation sites (N-methyl/N-ethyl adjacent to an activating group) is 1. The van der Waals surface area contributed by atoms with Gasteiger partial charge in [-0.3, -0.25) is 4.79 Å². The maximum atomic E-state index is 13.5. The molecule has 1 aromatic carbocycles. The van der Waals surface area contributed by atoms with E-state index in [0.717, 1.165) is 6.42 Å². The van der Waals surface area contributed by atoms with Crippen molar-refractivity contribution in [1.29, 1.82) is 0 Å². The van der Waals surface area contributed by atoms with E-state index in [0.29, 0.717) is 30.8 Å². The van der Waals surface area contributed by atoms with E-state index in [1.165, 1.54) is 12.1 Å². The molecule has 1 aromatic heterocycles. The number of hydrogen-bond donors (Lipinski definition) is 2. The standard InChI is InChI=1S/C25H33FN4O4/c1-5-10-27-25(33)29(4)14-22-16(2)13-30(17(3)15-31)24(32)21-11-19(12-28-23(21)34-22)18-6-8-20(26)9-7-18/h6-9,11-12,16-17,22,31H,5,10,13-15H2,1-4H3,(H,27,33)/t16-,17+,22-/m1/s1. The number of urea groups is 1. The minimum Gasteiger partial charge on any atom is -0.472 e. The molecule has 0 radical (unpaired) electrons. The van der Waals surface area contributed by atoms with Gasteiger partial charge in [0.15, 0.2) is 0 Å². The molecule has 3 atom stereocenters. The lowest BCUT2D eigenvalue weighted by molar-refractivity contribution is 0.0352. The predicted molar refractivity (Wildman–Crippen MR) is 127 cm³/mol. The van der Waals surface area contributed by atoms with Gasteiger partial charge in [-0.25, -0.2) is 14.2 Å². The van der Waals surface area contributed by atoms with Crippen molar-refractivity contribution >= 4 is 11.9 Å². The summed E-state index contributed by atoms with van der Waals surface area (Å²) in [5.41, 5.74) is 1.62. The van der Waals surface area contributed by atoms with Crippen molar-refractivity contribution in [3.63, 3.8) is 0 Å². The first kappa shape index (κ1) is 25.4. The number of rotatable bonds is 7. The summed E-state index contributed by atoms with van der Waals surface area (Å²) in [6.07, 6.45) is 1.99. The second-order valence-electron chi connectivity index (χ2n) is 8.82. The molecule has 3 amide bonds. The molecule has 0 unspecified atom stereocenters. The first-order chi connectivity index (χ1) is 16.2. The molecule has 1 aliphatic rings. The van der Waals surface area contributed by atoms with Gasteiger partial charge in [0.25, 0.3) is 5.91 Å². The third-order valence-electron chi connectivity index (χ3n) is 6.03. The van der Waals surface area contributed by atoms with Crippen LogP contribution in [0, 0.1) is 11.7 Å². The zero-order valence-electron chi connectivity index (χ0n) is 20.1. The molecule has 0 spiro atoms. The number of carbonyl (C=O) groups excluding carboxylic acids is 2. The maximum absolute atomic E-state index is 13.5. The van der Waals surface area contributed by atoms with E-state index in [9.17, 15) is 19.1 Å². The van der Waals surface area contributed by atoms with E-state index in [-0.39, 0.29) is 41.7 Å². The van der Waals surface area contributed by atoms with Crippen LogP contribution in [0.1, 0.15) is 37.6 Å². The topological polar surface area (TPSA) is 95.0 Å². The van der Waals surface area contributed by atoms with Crippen LogP contribution in [0.3, 0.4) is 0 Å². The van der Waals surface area contributed by atoms with Crippen molar-refractivity contribution in [2.24, 2.45) is 5.92 Å². The van der Waals surface area contributed by atoms with Crippen LogP contribution in [0.25, 0.3) is 11.1 Å². The van der Waals surface area contributed by atoms with Crippen LogP contribution in [0.15, 0.2) is 36.5 Å². The maximum Gasteiger partial charge on any atom is 0.317 e. The molecule has 34 heavy (non-hydrogen) atoms. The molecule has 184 valence electrons. The summed E-state index contributed by atoms with van der Waals surface area (Å²) in [5.74, 6) is -0.613. The van der Waals surface area contributed by atoms with Crippen molar-refractivity contribution < 1.29 is 23.8 Å². The Labute approximate surface area is 199 Å². The average Bonchev–Trinajstić information content (AvgIpc) is 2.84. The lowest BCUT2D eigenvalue weighted by atomic mass is 9.99. The summed E-state index contributed by atoms with van der Waals surface area (Å²) in [6.45, 7) is 6.74. The van der Waals surface area contributed by atoms with Crippen LogP contribution < -0.4 is 10.1 Å². The minimum atomic E-state index is -0.429. The van der Waals surface area contributed by atoms with Gasteiger partial charge in [-0.1, -0.05) is 26.0 Å². The lowest BCUT2D eigenvalue weighted by Crippen LogP contribution is -2.51. The van der Waals surface area contributed by atoms with Gasteiger partial charge in [-0.05, 0) is 37.1 Å². The molecule has 1 aliphatic heterocycles. The summed E-state index contributed by atoms with van der Waals surface area (Å²) in [7, 11) is 1.70. The van der Waals surface area contributed by atoms with Gasteiger partial charge in [0.2, 0.25) is 5.88 Å². The molecular weight excluding hydrogens is 439 g/mol. The van der Waals surface area contributed by atoms with Crippen LogP contribution in [0.4, 0.5) is 9.18 Å². The van der Waals surface area contributed by atoms with Gasteiger partial charge in [0, 0.05) is 37.8 Å². The number of pyridine rings is 1. The van der Waals surface area contributed by atoms with Gasteiger partial charge in [0.05, 0.1) is 19.2 Å². The molecule has 2 aromatic rings. The zero-order chi connectivity index (χ0) is 24.8. The van der Waals surface area contributed by atoms with Crippen molar-refractivity contribution in [2.45, 2.75) is 39.3 Å². The monoisotopic (exact) mass is 472 g/mol. The third kappa shape index (κ3) is 5.83. The highest BCUT2D eigenvalue weighted by atomic mass is 19.1. The van der Waals surface area contributed by atoms with Crippen LogP contribution in [0.2, 0.25) is 0 Å². The third-order valence-corrected chi connectivity index (χ3v) is 6.03. The molecule has 0 saturated carbocycles. The Balaban J connectivity index is 1.97. The molecule has 0 bridgehead atoms. The number of hydrogen-bond acceptors (Lipinski definition) is 5. The SMILES string of the molecule is CCCNC(=O)N(C)C[C@H]1Oc2ncc(-c3ccc(F)cc3)cc2C(=O)N([C@@H](C)CO)C[C@H]1C. The largest absolute Gasteiger partial charge is 0.472 e.